The number of hydrogen-bond acceptors (Lipinski definition) is 4. The Kier molecular flexibility index (Phi) is 10.3. The molecule has 24 heavy (non-hydrogen) atoms. The van der Waals surface area contributed by atoms with Gasteiger partial charge in [0.15, 0.2) is 0 Å². The van der Waals surface area contributed by atoms with Crippen molar-refractivity contribution in [2.45, 2.75) is 64.8 Å². The third-order valence-electron chi connectivity index (χ3n) is 4.51. The van der Waals surface area contributed by atoms with Crippen molar-refractivity contribution in [3.63, 3.8) is 0 Å². The monoisotopic (exact) mass is 339 g/mol. The van der Waals surface area contributed by atoms with E-state index in [4.69, 9.17) is 0 Å². The second-order valence-electron chi connectivity index (χ2n) is 6.73. The van der Waals surface area contributed by atoms with Gasteiger partial charge in [0.25, 0.3) is 0 Å². The molecule has 0 aliphatic carbocycles. The maximum Gasteiger partial charge on any atom is 0.222 e. The van der Waals surface area contributed by atoms with E-state index < -0.39 is 0 Å². The van der Waals surface area contributed by atoms with Crippen LogP contribution in [0, 0.1) is 0 Å². The van der Waals surface area contributed by atoms with E-state index in [1.54, 1.807) is 0 Å². The molecule has 0 radical (unpaired) electrons. The van der Waals surface area contributed by atoms with Crippen molar-refractivity contribution in [2.24, 2.45) is 0 Å². The summed E-state index contributed by atoms with van der Waals surface area (Å²) in [7, 11) is 0. The van der Waals surface area contributed by atoms with Crippen LogP contribution in [-0.4, -0.2) is 66.7 Å². The Morgan fingerprint density at radius 2 is 1.71 bits per heavy atom. The second-order valence-corrected chi connectivity index (χ2v) is 6.73. The van der Waals surface area contributed by atoms with Crippen LogP contribution in [0.4, 0.5) is 0 Å². The van der Waals surface area contributed by atoms with Crippen LogP contribution in [0.1, 0.15) is 58.8 Å². The van der Waals surface area contributed by atoms with Crippen LogP contribution in [-0.2, 0) is 14.4 Å². The summed E-state index contributed by atoms with van der Waals surface area (Å²) in [4.78, 5) is 38.4. The first-order valence-corrected chi connectivity index (χ1v) is 9.26. The van der Waals surface area contributed by atoms with Gasteiger partial charge in [-0.05, 0) is 33.1 Å². The maximum absolute atomic E-state index is 12.2. The highest BCUT2D eigenvalue weighted by Crippen LogP contribution is 2.08. The predicted molar refractivity (Wildman–Crippen MR) is 94.7 cm³/mol. The fourth-order valence-corrected chi connectivity index (χ4v) is 2.89. The van der Waals surface area contributed by atoms with Crippen molar-refractivity contribution in [1.82, 2.24) is 15.1 Å². The molecule has 1 N–H and O–H groups in total. The maximum atomic E-state index is 12.2. The van der Waals surface area contributed by atoms with Crippen LogP contribution in [0.3, 0.4) is 0 Å². The molecular weight excluding hydrogens is 306 g/mol. The number of aldehydes is 1. The van der Waals surface area contributed by atoms with Gasteiger partial charge in [0.1, 0.15) is 6.29 Å². The fraction of sp³-hybridized carbons (Fsp3) is 0.833. The molecule has 0 aromatic rings. The molecule has 6 nitrogen and oxygen atoms in total. The molecule has 0 unspecified atom stereocenters. The molecule has 1 rings (SSSR count). The van der Waals surface area contributed by atoms with Crippen LogP contribution < -0.4 is 5.32 Å². The van der Waals surface area contributed by atoms with E-state index >= 15 is 0 Å². The van der Waals surface area contributed by atoms with Crippen LogP contribution in [0.25, 0.3) is 0 Å². The molecule has 2 amide bonds. The first-order valence-electron chi connectivity index (χ1n) is 9.26. The van der Waals surface area contributed by atoms with Crippen molar-refractivity contribution >= 4 is 18.1 Å². The van der Waals surface area contributed by atoms with Gasteiger partial charge in [-0.1, -0.05) is 6.42 Å². The van der Waals surface area contributed by atoms with E-state index in [1.165, 1.54) is 0 Å². The third kappa shape index (κ3) is 8.43. The van der Waals surface area contributed by atoms with Crippen molar-refractivity contribution in [3.05, 3.63) is 0 Å². The molecule has 1 fully saturated rings. The minimum absolute atomic E-state index is 0.0165. The summed E-state index contributed by atoms with van der Waals surface area (Å²) in [5.74, 6) is 0.183. The standard InChI is InChI=1S/C18H33N3O3/c1-16(2)20-11-13-21(14-12-20)18(24)9-7-8-17(23)19-10-5-3-4-6-15-22/h15-16H,3-14H2,1-2H3,(H,19,23). The third-order valence-corrected chi connectivity index (χ3v) is 4.51. The topological polar surface area (TPSA) is 69.7 Å². The number of piperazine rings is 1. The van der Waals surface area contributed by atoms with Crippen molar-refractivity contribution in [2.75, 3.05) is 32.7 Å². The first-order chi connectivity index (χ1) is 11.5. The van der Waals surface area contributed by atoms with E-state index in [2.05, 4.69) is 24.1 Å². The van der Waals surface area contributed by atoms with Crippen molar-refractivity contribution in [3.8, 4) is 0 Å². The Labute approximate surface area is 145 Å². The van der Waals surface area contributed by atoms with Gasteiger partial charge in [-0.15, -0.1) is 0 Å². The molecule has 138 valence electrons. The van der Waals surface area contributed by atoms with Gasteiger partial charge in [-0.2, -0.15) is 0 Å². The summed E-state index contributed by atoms with van der Waals surface area (Å²) in [6.45, 7) is 8.48. The van der Waals surface area contributed by atoms with E-state index in [1.807, 2.05) is 4.90 Å². The van der Waals surface area contributed by atoms with Gasteiger partial charge < -0.3 is 15.0 Å². The van der Waals surface area contributed by atoms with Crippen LogP contribution in [0.15, 0.2) is 0 Å². The SMILES string of the molecule is CC(C)N1CCN(C(=O)CCCC(=O)NCCCCCC=O)CC1. The fourth-order valence-electron chi connectivity index (χ4n) is 2.89. The number of nitrogens with one attached hydrogen (secondary N) is 1. The number of carbonyl (C=O) groups excluding carboxylic acids is 3. The van der Waals surface area contributed by atoms with E-state index in [9.17, 15) is 14.4 Å². The Morgan fingerprint density at radius 3 is 2.33 bits per heavy atom. The van der Waals surface area contributed by atoms with Gasteiger partial charge in [0, 0.05) is 58.0 Å². The van der Waals surface area contributed by atoms with Crippen LogP contribution in [0.2, 0.25) is 0 Å². The quantitative estimate of drug-likeness (QED) is 0.458. The zero-order valence-electron chi connectivity index (χ0n) is 15.3. The molecule has 1 aliphatic heterocycles. The van der Waals surface area contributed by atoms with E-state index in [0.29, 0.717) is 38.3 Å². The summed E-state index contributed by atoms with van der Waals surface area (Å²) in [5.41, 5.74) is 0. The zero-order chi connectivity index (χ0) is 17.8. The molecule has 0 saturated carbocycles. The predicted octanol–water partition coefficient (Wildman–Crippen LogP) is 1.58. The minimum atomic E-state index is 0.0165. The Bertz CT molecular complexity index is 391. The average Bonchev–Trinajstić information content (AvgIpc) is 2.58. The molecule has 1 heterocycles. The highest BCUT2D eigenvalue weighted by molar-refractivity contribution is 5.79. The lowest BCUT2D eigenvalue weighted by Crippen LogP contribution is -2.50. The first kappa shape index (κ1) is 20.6. The summed E-state index contributed by atoms with van der Waals surface area (Å²) in [6.07, 6.45) is 5.75. The number of carbonyl (C=O) groups is 3. The van der Waals surface area contributed by atoms with Gasteiger partial charge in [0.2, 0.25) is 11.8 Å². The lowest BCUT2D eigenvalue weighted by Gasteiger charge is -2.37. The van der Waals surface area contributed by atoms with E-state index in [0.717, 1.165) is 51.7 Å². The number of rotatable bonds is 11. The summed E-state index contributed by atoms with van der Waals surface area (Å²) in [5, 5.41) is 2.87. The number of amides is 2. The summed E-state index contributed by atoms with van der Waals surface area (Å²) < 4.78 is 0. The van der Waals surface area contributed by atoms with Gasteiger partial charge >= 0.3 is 0 Å². The average molecular weight is 339 g/mol. The Morgan fingerprint density at radius 1 is 1.00 bits per heavy atom. The molecule has 6 heteroatoms. The van der Waals surface area contributed by atoms with Crippen molar-refractivity contribution < 1.29 is 14.4 Å². The molecular formula is C18H33N3O3. The van der Waals surface area contributed by atoms with Crippen LogP contribution in [0.5, 0.6) is 0 Å². The molecule has 0 spiro atoms. The molecule has 1 aliphatic rings. The molecule has 0 atom stereocenters. The largest absolute Gasteiger partial charge is 0.356 e. The Balaban J connectivity index is 2.04. The summed E-state index contributed by atoms with van der Waals surface area (Å²) in [6, 6.07) is 0.532. The zero-order valence-corrected chi connectivity index (χ0v) is 15.3. The molecule has 0 aromatic carbocycles. The van der Waals surface area contributed by atoms with Crippen molar-refractivity contribution in [1.29, 1.82) is 0 Å². The highest BCUT2D eigenvalue weighted by atomic mass is 16.2. The smallest absolute Gasteiger partial charge is 0.222 e. The highest BCUT2D eigenvalue weighted by Gasteiger charge is 2.22. The minimum Gasteiger partial charge on any atom is -0.356 e. The molecule has 1 saturated heterocycles. The number of nitrogens with zero attached hydrogens (tertiary/aromatic N) is 2. The van der Waals surface area contributed by atoms with Gasteiger partial charge in [-0.25, -0.2) is 0 Å². The van der Waals surface area contributed by atoms with E-state index in [-0.39, 0.29) is 11.8 Å². The lowest BCUT2D eigenvalue weighted by atomic mass is 10.1. The van der Waals surface area contributed by atoms with Gasteiger partial charge in [-0.3, -0.25) is 14.5 Å². The van der Waals surface area contributed by atoms with Gasteiger partial charge in [0.05, 0.1) is 0 Å². The normalized spacial score (nSPS) is 15.5. The molecule has 0 aromatic heterocycles. The van der Waals surface area contributed by atoms with Crippen LogP contribution >= 0.6 is 0 Å². The lowest BCUT2D eigenvalue weighted by molar-refractivity contribution is -0.133. The second kappa shape index (κ2) is 12.0. The molecule has 0 bridgehead atoms. The number of unbranched alkanes of at least 4 members (excludes halogenated alkanes) is 3. The Hall–Kier alpha value is -1.43. The summed E-state index contributed by atoms with van der Waals surface area (Å²) >= 11 is 0. The number of hydrogen-bond donors (Lipinski definition) is 1.